The first-order chi connectivity index (χ1) is 14.4. The molecule has 1 aliphatic heterocycles. The van der Waals surface area contributed by atoms with Crippen molar-refractivity contribution in [2.75, 3.05) is 6.61 Å². The summed E-state index contributed by atoms with van der Waals surface area (Å²) in [6.45, 7) is 6.71. The lowest BCUT2D eigenvalue weighted by molar-refractivity contribution is -0.118. The van der Waals surface area contributed by atoms with Crippen LogP contribution >= 0.6 is 0 Å². The minimum Gasteiger partial charge on any atom is -0.494 e. The third kappa shape index (κ3) is 2.74. The summed E-state index contributed by atoms with van der Waals surface area (Å²) in [5.74, 6) is 0.420. The lowest BCUT2D eigenvalue weighted by atomic mass is 9.68. The molecule has 0 radical (unpaired) electrons. The first-order valence-electron chi connectivity index (χ1n) is 10.5. The molecule has 0 unspecified atom stereocenters. The van der Waals surface area contributed by atoms with Gasteiger partial charge in [0.1, 0.15) is 5.75 Å². The van der Waals surface area contributed by atoms with Gasteiger partial charge in [-0.25, -0.2) is 0 Å². The van der Waals surface area contributed by atoms with Gasteiger partial charge in [-0.3, -0.25) is 9.59 Å². The molecule has 152 valence electrons. The van der Waals surface area contributed by atoms with Gasteiger partial charge in [0.2, 0.25) is 0 Å². The van der Waals surface area contributed by atoms with Crippen LogP contribution in [0.5, 0.6) is 5.75 Å². The summed E-state index contributed by atoms with van der Waals surface area (Å²) in [6, 6.07) is 15.5. The number of para-hydroxylation sites is 1. The Morgan fingerprint density at radius 1 is 0.967 bits per heavy atom. The molecular weight excluding hydrogens is 374 g/mol. The van der Waals surface area contributed by atoms with Gasteiger partial charge in [-0.2, -0.15) is 0 Å². The van der Waals surface area contributed by atoms with Crippen molar-refractivity contribution in [3.05, 3.63) is 82.1 Å². The maximum atomic E-state index is 13.5. The smallest absolute Gasteiger partial charge is 0.192 e. The second kappa shape index (κ2) is 6.69. The fourth-order valence-corrected chi connectivity index (χ4v) is 5.11. The molecule has 2 aromatic rings. The summed E-state index contributed by atoms with van der Waals surface area (Å²) in [5, 5.41) is 3.52. The van der Waals surface area contributed by atoms with Crippen molar-refractivity contribution in [3.8, 4) is 5.75 Å². The van der Waals surface area contributed by atoms with Crippen LogP contribution in [0.3, 0.4) is 0 Å². The summed E-state index contributed by atoms with van der Waals surface area (Å²) < 4.78 is 5.92. The zero-order valence-electron chi connectivity index (χ0n) is 17.5. The third-order valence-corrected chi connectivity index (χ3v) is 6.26. The highest BCUT2D eigenvalue weighted by Gasteiger charge is 2.47. The number of ketones is 2. The van der Waals surface area contributed by atoms with Crippen molar-refractivity contribution in [3.63, 3.8) is 0 Å². The van der Waals surface area contributed by atoms with E-state index in [1.165, 1.54) is 0 Å². The number of rotatable bonds is 3. The molecule has 1 atom stereocenters. The van der Waals surface area contributed by atoms with E-state index in [2.05, 4.69) is 19.2 Å². The molecule has 3 aliphatic rings. The van der Waals surface area contributed by atoms with E-state index in [9.17, 15) is 9.59 Å². The quantitative estimate of drug-likeness (QED) is 0.787. The van der Waals surface area contributed by atoms with E-state index in [1.807, 2.05) is 55.5 Å². The van der Waals surface area contributed by atoms with Gasteiger partial charge < -0.3 is 10.1 Å². The number of carbonyl (C=O) groups excluding carboxylic acids is 2. The largest absolute Gasteiger partial charge is 0.494 e. The Balaban J connectivity index is 1.76. The van der Waals surface area contributed by atoms with E-state index < -0.39 is 5.92 Å². The Hall–Kier alpha value is -3.14. The number of dihydropyridines is 1. The lowest BCUT2D eigenvalue weighted by Crippen LogP contribution is -2.37. The maximum absolute atomic E-state index is 13.5. The first-order valence-corrected chi connectivity index (χ1v) is 10.5. The number of hydrogen-bond donors (Lipinski definition) is 1. The second-order valence-electron chi connectivity index (χ2n) is 9.03. The SMILES string of the molecule is CCOc1ccccc1[C@H]1C2=C(CC(C)(C)CC2=O)NC2=C1C(=O)c1ccccc12. The Morgan fingerprint density at radius 3 is 2.43 bits per heavy atom. The highest BCUT2D eigenvalue weighted by Crippen LogP contribution is 2.52. The normalized spacial score (nSPS) is 21.8. The van der Waals surface area contributed by atoms with Crippen molar-refractivity contribution < 1.29 is 14.3 Å². The molecule has 5 rings (SSSR count). The van der Waals surface area contributed by atoms with Crippen molar-refractivity contribution in [1.82, 2.24) is 5.32 Å². The van der Waals surface area contributed by atoms with E-state index in [0.717, 1.165) is 40.3 Å². The van der Waals surface area contributed by atoms with Gasteiger partial charge in [-0.1, -0.05) is 56.3 Å². The monoisotopic (exact) mass is 399 g/mol. The van der Waals surface area contributed by atoms with E-state index in [1.54, 1.807) is 0 Å². The highest BCUT2D eigenvalue weighted by atomic mass is 16.5. The Bertz CT molecular complexity index is 1150. The third-order valence-electron chi connectivity index (χ3n) is 6.26. The van der Waals surface area contributed by atoms with Crippen LogP contribution in [-0.2, 0) is 4.79 Å². The van der Waals surface area contributed by atoms with E-state index in [0.29, 0.717) is 24.2 Å². The second-order valence-corrected chi connectivity index (χ2v) is 9.03. The molecule has 0 spiro atoms. The molecule has 1 N–H and O–H groups in total. The maximum Gasteiger partial charge on any atom is 0.192 e. The topological polar surface area (TPSA) is 55.4 Å². The Labute approximate surface area is 176 Å². The van der Waals surface area contributed by atoms with Crippen molar-refractivity contribution in [2.45, 2.75) is 39.5 Å². The highest BCUT2D eigenvalue weighted by molar-refractivity contribution is 6.23. The Kier molecular flexibility index (Phi) is 4.21. The average molecular weight is 399 g/mol. The van der Waals surface area contributed by atoms with Gasteiger partial charge in [-0.15, -0.1) is 0 Å². The molecule has 4 heteroatoms. The summed E-state index contributed by atoms with van der Waals surface area (Å²) >= 11 is 0. The van der Waals surface area contributed by atoms with Gasteiger partial charge in [0, 0.05) is 45.9 Å². The van der Waals surface area contributed by atoms with Gasteiger partial charge in [0.25, 0.3) is 0 Å². The summed E-state index contributed by atoms with van der Waals surface area (Å²) in [7, 11) is 0. The van der Waals surface area contributed by atoms with Gasteiger partial charge >= 0.3 is 0 Å². The average Bonchev–Trinajstić information content (AvgIpc) is 2.99. The number of nitrogens with one attached hydrogen (secondary N) is 1. The summed E-state index contributed by atoms with van der Waals surface area (Å²) in [4.78, 5) is 26.9. The first kappa shape index (κ1) is 18.9. The molecular formula is C26H25NO3. The minimum absolute atomic E-state index is 0.00594. The number of allylic oxidation sites excluding steroid dienone is 3. The summed E-state index contributed by atoms with van der Waals surface area (Å²) in [6.07, 6.45) is 1.25. The lowest BCUT2D eigenvalue weighted by Gasteiger charge is -2.39. The molecule has 4 nitrogen and oxygen atoms in total. The van der Waals surface area contributed by atoms with Crippen LogP contribution in [-0.4, -0.2) is 18.2 Å². The van der Waals surface area contributed by atoms with Gasteiger partial charge in [-0.05, 0) is 24.8 Å². The van der Waals surface area contributed by atoms with Crippen LogP contribution in [0.25, 0.3) is 5.70 Å². The van der Waals surface area contributed by atoms with Crippen molar-refractivity contribution in [2.24, 2.45) is 5.41 Å². The fourth-order valence-electron chi connectivity index (χ4n) is 5.11. The molecule has 0 amide bonds. The van der Waals surface area contributed by atoms with Gasteiger partial charge in [0.05, 0.1) is 12.3 Å². The predicted molar refractivity (Wildman–Crippen MR) is 116 cm³/mol. The number of ether oxygens (including phenoxy) is 1. The predicted octanol–water partition coefficient (Wildman–Crippen LogP) is 5.02. The Morgan fingerprint density at radius 2 is 1.67 bits per heavy atom. The standard InChI is InChI=1S/C26H25NO3/c1-4-30-20-12-8-7-11-17(20)21-22-18(13-26(2,3)14-19(22)28)27-24-15-9-5-6-10-16(15)25(29)23(21)24/h5-12,21,27H,4,13-14H2,1-3H3/t21-/m0/s1. The number of hydrogen-bond acceptors (Lipinski definition) is 4. The molecule has 0 saturated carbocycles. The van der Waals surface area contributed by atoms with Crippen LogP contribution < -0.4 is 10.1 Å². The number of Topliss-reactive ketones (excluding diaryl/α,β-unsaturated/α-hetero) is 2. The molecule has 0 fully saturated rings. The number of fused-ring (bicyclic) bond motifs is 2. The molecule has 30 heavy (non-hydrogen) atoms. The zero-order chi connectivity index (χ0) is 21.0. The molecule has 2 aliphatic carbocycles. The number of carbonyl (C=O) groups is 2. The van der Waals surface area contributed by atoms with E-state index in [-0.39, 0.29) is 17.0 Å². The summed E-state index contributed by atoms with van der Waals surface area (Å²) in [5.41, 5.74) is 5.55. The molecule has 2 aromatic carbocycles. The van der Waals surface area contributed by atoms with E-state index in [4.69, 9.17) is 4.74 Å². The van der Waals surface area contributed by atoms with Crippen LogP contribution in [0.1, 0.15) is 61.0 Å². The van der Waals surface area contributed by atoms with Crippen molar-refractivity contribution in [1.29, 1.82) is 0 Å². The zero-order valence-corrected chi connectivity index (χ0v) is 17.5. The van der Waals surface area contributed by atoms with Crippen LogP contribution in [0.15, 0.2) is 65.4 Å². The van der Waals surface area contributed by atoms with Crippen molar-refractivity contribution >= 4 is 17.3 Å². The van der Waals surface area contributed by atoms with Crippen LogP contribution in [0, 0.1) is 5.41 Å². The molecule has 0 aromatic heterocycles. The fraction of sp³-hybridized carbons (Fsp3) is 0.308. The molecule has 0 saturated heterocycles. The molecule has 1 heterocycles. The molecule has 0 bridgehead atoms. The van der Waals surface area contributed by atoms with Gasteiger partial charge in [0.15, 0.2) is 11.6 Å². The van der Waals surface area contributed by atoms with E-state index >= 15 is 0 Å². The van der Waals surface area contributed by atoms with Crippen LogP contribution in [0.4, 0.5) is 0 Å². The van der Waals surface area contributed by atoms with Crippen LogP contribution in [0.2, 0.25) is 0 Å². The minimum atomic E-state index is -0.414. The number of benzene rings is 2.